The Morgan fingerprint density at radius 1 is 1.65 bits per heavy atom. The lowest BCUT2D eigenvalue weighted by molar-refractivity contribution is -0.156. The fourth-order valence-electron chi connectivity index (χ4n) is 2.21. The molecule has 1 saturated heterocycles. The lowest BCUT2D eigenvalue weighted by atomic mass is 10.1. The van der Waals surface area contributed by atoms with Gasteiger partial charge in [0, 0.05) is 25.2 Å². The molecular formula is C14H16N2O4. The van der Waals surface area contributed by atoms with E-state index in [0.29, 0.717) is 37.6 Å². The van der Waals surface area contributed by atoms with Gasteiger partial charge in [0.25, 0.3) is 0 Å². The molecule has 1 aliphatic rings. The van der Waals surface area contributed by atoms with E-state index in [1.54, 1.807) is 25.3 Å². The quantitative estimate of drug-likeness (QED) is 0.878. The van der Waals surface area contributed by atoms with Crippen LogP contribution in [-0.2, 0) is 16.1 Å². The predicted octanol–water partition coefficient (Wildman–Crippen LogP) is 0.852. The first-order valence-electron chi connectivity index (χ1n) is 6.28. The summed E-state index contributed by atoms with van der Waals surface area (Å²) >= 11 is 0. The second-order valence-corrected chi connectivity index (χ2v) is 4.57. The average molecular weight is 276 g/mol. The van der Waals surface area contributed by atoms with Gasteiger partial charge in [-0.15, -0.1) is 0 Å². The zero-order valence-corrected chi connectivity index (χ0v) is 11.2. The highest BCUT2D eigenvalue weighted by Gasteiger charge is 2.26. The highest BCUT2D eigenvalue weighted by Crippen LogP contribution is 2.22. The number of aliphatic carboxylic acids is 1. The van der Waals surface area contributed by atoms with Crippen LogP contribution in [0, 0.1) is 11.3 Å². The molecule has 2 rings (SSSR count). The maximum absolute atomic E-state index is 11.0. The number of carboxylic acids is 1. The SMILES string of the molecule is COc1ccc(C#N)cc1CN1CCOC(C(=O)O)C1. The molecule has 1 N–H and O–H groups in total. The average Bonchev–Trinajstić information content (AvgIpc) is 2.47. The third kappa shape index (κ3) is 3.26. The van der Waals surface area contributed by atoms with Crippen LogP contribution in [0.25, 0.3) is 0 Å². The predicted molar refractivity (Wildman–Crippen MR) is 70.4 cm³/mol. The van der Waals surface area contributed by atoms with Gasteiger partial charge < -0.3 is 14.6 Å². The zero-order valence-electron chi connectivity index (χ0n) is 11.2. The van der Waals surface area contributed by atoms with E-state index in [4.69, 9.17) is 19.8 Å². The standard InChI is InChI=1S/C14H16N2O4/c1-19-12-3-2-10(7-15)6-11(12)8-16-4-5-20-13(9-16)14(17)18/h2-3,6,13H,4-5,8-9H2,1H3,(H,17,18). The van der Waals surface area contributed by atoms with Gasteiger partial charge in [0.15, 0.2) is 6.10 Å². The molecule has 1 heterocycles. The summed E-state index contributed by atoms with van der Waals surface area (Å²) in [5, 5.41) is 17.9. The summed E-state index contributed by atoms with van der Waals surface area (Å²) < 4.78 is 10.5. The van der Waals surface area contributed by atoms with Crippen LogP contribution in [0.15, 0.2) is 18.2 Å². The van der Waals surface area contributed by atoms with Crippen LogP contribution in [0.4, 0.5) is 0 Å². The van der Waals surface area contributed by atoms with E-state index < -0.39 is 12.1 Å². The van der Waals surface area contributed by atoms with Crippen molar-refractivity contribution in [2.75, 3.05) is 26.8 Å². The third-order valence-corrected chi connectivity index (χ3v) is 3.23. The van der Waals surface area contributed by atoms with Crippen molar-refractivity contribution in [3.05, 3.63) is 29.3 Å². The molecule has 1 aromatic carbocycles. The van der Waals surface area contributed by atoms with E-state index in [2.05, 4.69) is 6.07 Å². The Balaban J connectivity index is 2.12. The molecule has 6 heteroatoms. The van der Waals surface area contributed by atoms with E-state index in [9.17, 15) is 4.79 Å². The molecule has 1 atom stereocenters. The lowest BCUT2D eigenvalue weighted by Gasteiger charge is -2.31. The van der Waals surface area contributed by atoms with Crippen molar-refractivity contribution < 1.29 is 19.4 Å². The summed E-state index contributed by atoms with van der Waals surface area (Å²) in [4.78, 5) is 12.9. The Kier molecular flexibility index (Phi) is 4.56. The second kappa shape index (κ2) is 6.37. The number of carboxylic acid groups (broad SMARTS) is 1. The minimum Gasteiger partial charge on any atom is -0.496 e. The molecule has 1 aromatic rings. The van der Waals surface area contributed by atoms with Crippen molar-refractivity contribution in [3.8, 4) is 11.8 Å². The van der Waals surface area contributed by atoms with Crippen LogP contribution in [0.3, 0.4) is 0 Å². The first-order valence-corrected chi connectivity index (χ1v) is 6.28. The number of ether oxygens (including phenoxy) is 2. The highest BCUT2D eigenvalue weighted by atomic mass is 16.5. The third-order valence-electron chi connectivity index (χ3n) is 3.23. The largest absolute Gasteiger partial charge is 0.496 e. The smallest absolute Gasteiger partial charge is 0.334 e. The van der Waals surface area contributed by atoms with E-state index in [-0.39, 0.29) is 0 Å². The first-order chi connectivity index (χ1) is 9.63. The Hall–Kier alpha value is -2.10. The maximum Gasteiger partial charge on any atom is 0.334 e. The van der Waals surface area contributed by atoms with Gasteiger partial charge in [0.2, 0.25) is 0 Å². The van der Waals surface area contributed by atoms with Gasteiger partial charge in [-0.3, -0.25) is 4.90 Å². The number of carbonyl (C=O) groups is 1. The van der Waals surface area contributed by atoms with Gasteiger partial charge in [-0.2, -0.15) is 5.26 Å². The van der Waals surface area contributed by atoms with Gasteiger partial charge in [-0.05, 0) is 18.2 Å². The Morgan fingerprint density at radius 2 is 2.45 bits per heavy atom. The summed E-state index contributed by atoms with van der Waals surface area (Å²) in [5.41, 5.74) is 1.43. The number of hydrogen-bond acceptors (Lipinski definition) is 5. The number of morpholine rings is 1. The molecule has 0 amide bonds. The minimum absolute atomic E-state index is 0.329. The van der Waals surface area contributed by atoms with Crippen molar-refractivity contribution in [1.82, 2.24) is 4.90 Å². The fourth-order valence-corrected chi connectivity index (χ4v) is 2.21. The van der Waals surface area contributed by atoms with Crippen molar-refractivity contribution in [2.24, 2.45) is 0 Å². The van der Waals surface area contributed by atoms with Gasteiger partial charge in [-0.25, -0.2) is 4.79 Å². The van der Waals surface area contributed by atoms with Crippen LogP contribution >= 0.6 is 0 Å². The topological polar surface area (TPSA) is 82.8 Å². The molecule has 1 unspecified atom stereocenters. The summed E-state index contributed by atoms with van der Waals surface area (Å²) in [6.45, 7) is 1.90. The lowest BCUT2D eigenvalue weighted by Crippen LogP contribution is -2.45. The molecule has 0 saturated carbocycles. The molecule has 1 aliphatic heterocycles. The summed E-state index contributed by atoms with van der Waals surface area (Å²) in [5.74, 6) is -0.255. The highest BCUT2D eigenvalue weighted by molar-refractivity contribution is 5.72. The van der Waals surface area contributed by atoms with Crippen molar-refractivity contribution in [3.63, 3.8) is 0 Å². The molecule has 0 aliphatic carbocycles. The van der Waals surface area contributed by atoms with Crippen LogP contribution in [0.2, 0.25) is 0 Å². The minimum atomic E-state index is -0.951. The Morgan fingerprint density at radius 3 is 3.10 bits per heavy atom. The molecule has 6 nitrogen and oxygen atoms in total. The molecule has 106 valence electrons. The van der Waals surface area contributed by atoms with Crippen LogP contribution in [0.1, 0.15) is 11.1 Å². The molecule has 0 bridgehead atoms. The Labute approximate surface area is 117 Å². The number of methoxy groups -OCH3 is 1. The second-order valence-electron chi connectivity index (χ2n) is 4.57. The monoisotopic (exact) mass is 276 g/mol. The van der Waals surface area contributed by atoms with E-state index in [1.165, 1.54) is 0 Å². The summed E-state index contributed by atoms with van der Waals surface area (Å²) in [6, 6.07) is 7.31. The molecule has 20 heavy (non-hydrogen) atoms. The number of hydrogen-bond donors (Lipinski definition) is 1. The molecule has 0 spiro atoms. The number of nitrogens with zero attached hydrogens (tertiary/aromatic N) is 2. The van der Waals surface area contributed by atoms with E-state index in [0.717, 1.165) is 5.56 Å². The van der Waals surface area contributed by atoms with Crippen LogP contribution < -0.4 is 4.74 Å². The fraction of sp³-hybridized carbons (Fsp3) is 0.429. The molecular weight excluding hydrogens is 260 g/mol. The summed E-state index contributed by atoms with van der Waals surface area (Å²) in [7, 11) is 1.57. The van der Waals surface area contributed by atoms with Crippen molar-refractivity contribution in [2.45, 2.75) is 12.6 Å². The number of rotatable bonds is 4. The van der Waals surface area contributed by atoms with Gasteiger partial charge >= 0.3 is 5.97 Å². The molecule has 0 radical (unpaired) electrons. The van der Waals surface area contributed by atoms with E-state index >= 15 is 0 Å². The zero-order chi connectivity index (χ0) is 14.5. The molecule has 0 aromatic heterocycles. The first kappa shape index (κ1) is 14.3. The van der Waals surface area contributed by atoms with Crippen molar-refractivity contribution in [1.29, 1.82) is 5.26 Å². The summed E-state index contributed by atoms with van der Waals surface area (Å²) in [6.07, 6.45) is -0.797. The number of benzene rings is 1. The van der Waals surface area contributed by atoms with E-state index in [1.807, 2.05) is 4.90 Å². The molecule has 1 fully saturated rings. The Bertz CT molecular complexity index is 538. The van der Waals surface area contributed by atoms with Crippen molar-refractivity contribution >= 4 is 5.97 Å². The van der Waals surface area contributed by atoms with Crippen LogP contribution in [0.5, 0.6) is 5.75 Å². The normalized spacial score (nSPS) is 19.3. The van der Waals surface area contributed by atoms with Gasteiger partial charge in [-0.1, -0.05) is 0 Å². The van der Waals surface area contributed by atoms with Gasteiger partial charge in [0.05, 0.1) is 25.3 Å². The maximum atomic E-state index is 11.0. The number of nitriles is 1. The van der Waals surface area contributed by atoms with Crippen LogP contribution in [-0.4, -0.2) is 48.9 Å². The van der Waals surface area contributed by atoms with Gasteiger partial charge in [0.1, 0.15) is 5.75 Å².